The summed E-state index contributed by atoms with van der Waals surface area (Å²) in [6, 6.07) is 6.23. The number of Topliss-reactive ketones (excluding diaryl/α,β-unsaturated/α-hetero) is 1. The number of methoxy groups -OCH3 is 1. The fraction of sp³-hybridized carbons (Fsp3) is 0.435. The van der Waals surface area contributed by atoms with Crippen LogP contribution in [-0.2, 0) is 6.42 Å². The van der Waals surface area contributed by atoms with Gasteiger partial charge < -0.3 is 47.4 Å². The van der Waals surface area contributed by atoms with Gasteiger partial charge in [0.2, 0.25) is 12.5 Å². The maximum atomic E-state index is 14.3. The first-order valence-corrected chi connectivity index (χ1v) is 16.5. The number of carbonyl (C=O) groups excluding carboxylic acids is 1. The summed E-state index contributed by atoms with van der Waals surface area (Å²) in [6.07, 6.45) is -6.08. The zero-order chi connectivity index (χ0) is 37.7. The quantitative estimate of drug-likeness (QED) is 0.0832. The second-order valence-corrected chi connectivity index (χ2v) is 13.4. The van der Waals surface area contributed by atoms with Crippen molar-refractivity contribution in [3.8, 4) is 23.0 Å². The van der Waals surface area contributed by atoms with Crippen LogP contribution in [-0.4, -0.2) is 194 Å². The van der Waals surface area contributed by atoms with Crippen molar-refractivity contribution in [1.82, 2.24) is 0 Å². The number of benzene rings is 2. The molecule has 0 spiro atoms. The van der Waals surface area contributed by atoms with Gasteiger partial charge >= 0.3 is 0 Å². The summed E-state index contributed by atoms with van der Waals surface area (Å²) in [5, 5.41) is 0. The van der Waals surface area contributed by atoms with Crippen molar-refractivity contribution < 1.29 is 56.6 Å². The number of likely N-dealkylation sites (N-methyl/N-ethyl adjacent to an activating group) is 1. The van der Waals surface area contributed by atoms with E-state index in [2.05, 4.69) is 14.1 Å². The number of fused-ring (bicyclic) bond motifs is 2. The molecule has 2 aromatic carbocycles. The second-order valence-electron chi connectivity index (χ2n) is 13.4. The third kappa shape index (κ3) is 11.2. The molecule has 0 bridgehead atoms. The number of rotatable bonds is 14. The van der Waals surface area contributed by atoms with Gasteiger partial charge in [-0.3, -0.25) is 4.79 Å². The van der Waals surface area contributed by atoms with E-state index in [1.807, 2.05) is 6.07 Å². The van der Waals surface area contributed by atoms with Gasteiger partial charge in [0, 0.05) is 155 Å². The van der Waals surface area contributed by atoms with Crippen LogP contribution >= 0.6 is 0 Å². The van der Waals surface area contributed by atoms with Gasteiger partial charge in [-0.15, -0.1) is 0 Å². The van der Waals surface area contributed by atoms with Crippen molar-refractivity contribution in [2.45, 2.75) is 25.8 Å². The van der Waals surface area contributed by atoms with Crippen molar-refractivity contribution in [3.05, 3.63) is 46.8 Å². The summed E-state index contributed by atoms with van der Waals surface area (Å²) in [6.45, 7) is 3.18. The third-order valence-electron chi connectivity index (χ3n) is 9.57. The van der Waals surface area contributed by atoms with Gasteiger partial charge in [0.15, 0.2) is 28.8 Å². The van der Waals surface area contributed by atoms with Crippen LogP contribution in [0.3, 0.4) is 0 Å². The first kappa shape index (κ1) is 46.4. The lowest BCUT2D eigenvalue weighted by molar-refractivity contribution is -0.922. The molecule has 0 saturated carbocycles. The van der Waals surface area contributed by atoms with Gasteiger partial charge in [-0.2, -0.15) is 0 Å². The minimum atomic E-state index is -0.889. The molecule has 6 nitrogen and oxygen atoms in total. The minimum Gasteiger partial charge on any atom is -1.00 e. The van der Waals surface area contributed by atoms with Crippen molar-refractivity contribution in [2.24, 2.45) is 0 Å². The van der Waals surface area contributed by atoms with E-state index in [4.69, 9.17) is 104 Å². The molecule has 228 valence electrons. The number of hydrogen-bond acceptors (Lipinski definition) is 5. The molecule has 2 aromatic rings. The molecule has 0 aliphatic carbocycles. The number of quaternary nitrogens is 1. The van der Waals surface area contributed by atoms with Gasteiger partial charge in [0.1, 0.15) is 6.04 Å². The molecular formula is C23H27B20FINO5. The molecular weight excluding hydrogens is 732 g/mol. The number of nitrogens with zero attached hydrogens (tertiary/aromatic N) is 1. The number of ether oxygens (including phenoxy) is 4. The van der Waals surface area contributed by atoms with Crippen molar-refractivity contribution >= 4 is 148 Å². The van der Waals surface area contributed by atoms with Crippen LogP contribution in [0.15, 0.2) is 24.3 Å². The van der Waals surface area contributed by atoms with E-state index in [9.17, 15) is 9.18 Å². The normalized spacial score (nSPS) is 14.6. The van der Waals surface area contributed by atoms with Crippen LogP contribution in [0, 0.1) is 5.82 Å². The number of carbonyl (C=O) groups is 1. The molecule has 1 atom stereocenters. The Balaban J connectivity index is 0.000000379. The predicted octanol–water partition coefficient (Wildman–Crippen LogP) is -6.70. The molecule has 51 heavy (non-hydrogen) atoms. The lowest BCUT2D eigenvalue weighted by atomic mass is 8.39. The van der Waals surface area contributed by atoms with E-state index in [1.54, 1.807) is 20.1 Å². The van der Waals surface area contributed by atoms with E-state index >= 15 is 0 Å². The van der Waals surface area contributed by atoms with Crippen molar-refractivity contribution in [3.63, 3.8) is 0 Å². The fourth-order valence-corrected chi connectivity index (χ4v) is 6.92. The summed E-state index contributed by atoms with van der Waals surface area (Å²) in [5.74, 6) is 1.39. The molecule has 0 aromatic heterocycles. The topological polar surface area (TPSA) is 54.0 Å². The third-order valence-corrected chi connectivity index (χ3v) is 9.57. The fourth-order valence-electron chi connectivity index (χ4n) is 6.92. The van der Waals surface area contributed by atoms with E-state index in [0.717, 1.165) is 24.1 Å². The minimum absolute atomic E-state index is 0. The van der Waals surface area contributed by atoms with Gasteiger partial charge in [0.25, 0.3) is 0 Å². The number of hydrogen-bond donors (Lipinski definition) is 0. The molecule has 2 aliphatic heterocycles. The van der Waals surface area contributed by atoms with Crippen LogP contribution in [0.4, 0.5) is 4.39 Å². The van der Waals surface area contributed by atoms with Crippen LogP contribution in [0.5, 0.6) is 23.0 Å². The Kier molecular flexibility index (Phi) is 18.4. The van der Waals surface area contributed by atoms with Gasteiger partial charge in [-0.1, -0.05) is 0 Å². The highest BCUT2D eigenvalue weighted by atomic mass is 127. The lowest BCUT2D eigenvalue weighted by Crippen LogP contribution is -3.00. The Bertz CT molecular complexity index is 1430. The van der Waals surface area contributed by atoms with Crippen molar-refractivity contribution in [2.75, 3.05) is 41.1 Å². The Hall–Kier alpha value is -0.771. The Morgan fingerprint density at radius 3 is 1.92 bits per heavy atom. The highest BCUT2D eigenvalue weighted by molar-refractivity contribution is 8.19. The Morgan fingerprint density at radius 2 is 1.45 bits per heavy atom. The molecule has 2 aliphatic rings. The average molecular weight is 760 g/mol. The zero-order valence-electron chi connectivity index (χ0n) is 29.7. The molecule has 1 unspecified atom stereocenters. The molecule has 0 amide bonds. The van der Waals surface area contributed by atoms with Crippen molar-refractivity contribution in [1.29, 1.82) is 0 Å². The van der Waals surface area contributed by atoms with Crippen LogP contribution in [0.25, 0.3) is 0 Å². The standard InChI is InChI=1S/C23H27FNO5.B20.HI/c1-5-28-19-7-6-14(10-16(19)24)18(26)12-17-21-15(8-9-25(17,2)3)11-20-22(23(21)27-4)30-13-29-20;1-12(2)17(11)20(18(13(3)4)14(5)6)19(15(7)8)16(9)10;/h6-7,10-11,17H,5,8-9,12-13H2,1-4H3;;1H/q+1;;/p-1. The summed E-state index contributed by atoms with van der Waals surface area (Å²) >= 11 is 0. The van der Waals surface area contributed by atoms with E-state index in [-0.39, 0.29) is 54.8 Å². The Labute approximate surface area is 339 Å². The molecule has 28 heteroatoms. The predicted molar refractivity (Wildman–Crippen MR) is 224 cm³/mol. The summed E-state index contributed by atoms with van der Waals surface area (Å²) in [7, 11) is 69.0. The molecule has 0 N–H and O–H groups in total. The smallest absolute Gasteiger partial charge is 0.231 e. The molecule has 4 rings (SSSR count). The SMILES string of the molecule is CCOc1ccc(C(=O)CC2c3c(cc4c(c3OC)OCO4)CC[N+]2(C)C)cc1F.[B]B([B])B([B])B(B(B([B])[B])B([B])[B])B(B([B])[B])B([B])[B].[I-]. The zero-order valence-corrected chi connectivity index (χ0v) is 31.9. The molecule has 2 heterocycles. The largest absolute Gasteiger partial charge is 1.00 e. The molecule has 0 saturated heterocycles. The first-order valence-electron chi connectivity index (χ1n) is 16.5. The molecule has 22 radical (unpaired) electrons. The summed E-state index contributed by atoms with van der Waals surface area (Å²) in [5.41, 5.74) is 2.41. The maximum Gasteiger partial charge on any atom is 0.231 e. The summed E-state index contributed by atoms with van der Waals surface area (Å²) < 4.78 is 37.1. The average Bonchev–Trinajstić information content (AvgIpc) is 3.49. The van der Waals surface area contributed by atoms with Gasteiger partial charge in [-0.05, 0) is 36.8 Å². The van der Waals surface area contributed by atoms with E-state index in [0.29, 0.717) is 33.9 Å². The second kappa shape index (κ2) is 20.2. The van der Waals surface area contributed by atoms with Gasteiger partial charge in [-0.25, -0.2) is 4.39 Å². The highest BCUT2D eigenvalue weighted by Gasteiger charge is 2.45. The van der Waals surface area contributed by atoms with Gasteiger partial charge in [0.05, 0.1) is 46.3 Å². The number of halogens is 2. The van der Waals surface area contributed by atoms with E-state index in [1.165, 1.54) is 12.1 Å². The maximum absolute atomic E-state index is 14.3. The van der Waals surface area contributed by atoms with E-state index < -0.39 is 63.3 Å². The summed E-state index contributed by atoms with van der Waals surface area (Å²) in [4.78, 5) is 13.2. The monoisotopic (exact) mass is 763 g/mol. The lowest BCUT2D eigenvalue weighted by Gasteiger charge is -2.43. The Morgan fingerprint density at radius 1 is 0.882 bits per heavy atom. The highest BCUT2D eigenvalue weighted by Crippen LogP contribution is 2.51. The molecule has 0 fully saturated rings. The number of ketones is 1. The van der Waals surface area contributed by atoms with Crippen LogP contribution in [0.1, 0.15) is 40.9 Å². The van der Waals surface area contributed by atoms with Crippen LogP contribution in [0.2, 0.25) is 0 Å². The van der Waals surface area contributed by atoms with Crippen LogP contribution < -0.4 is 42.9 Å². The first-order chi connectivity index (χ1) is 23.4.